The molecule has 1 aliphatic rings. The first kappa shape index (κ1) is 55.1. The Morgan fingerprint density at radius 2 is 1.19 bits per heavy atom. The molecule has 4 N–H and O–H groups in total. The van der Waals surface area contributed by atoms with Gasteiger partial charge in [-0.05, 0) is 32.1 Å². The van der Waals surface area contributed by atoms with Crippen LogP contribution in [0, 0.1) is 11.8 Å². The number of aliphatic hydroxyl groups excluding tert-OH is 2. The summed E-state index contributed by atoms with van der Waals surface area (Å²) in [6.07, 6.45) is 37.0. The van der Waals surface area contributed by atoms with Gasteiger partial charge in [0, 0.05) is 31.1 Å². The number of allylic oxidation sites excluding steroid dienone is 2. The van der Waals surface area contributed by atoms with Crippen molar-refractivity contribution < 1.29 is 52.9 Å². The molecular weight excluding hydrogens is 771 g/mol. The number of rotatable bonds is 40. The monoisotopic (exact) mass is 857 g/mol. The zero-order valence-electron chi connectivity index (χ0n) is 37.1. The SMILES string of the molecule is CCCCCCCCCCCCCCCCCCCCCCCC(=O)OC[C@H](COP(=O)(O)O)OC(=O)CCC/C=C\C[C@H]1C(=O)C[C@@H](O)[C@@H]1/C=C/[C@@H](O)CCCCC. The van der Waals surface area contributed by atoms with Crippen molar-refractivity contribution >= 4 is 25.5 Å². The van der Waals surface area contributed by atoms with Crippen molar-refractivity contribution in [3.05, 3.63) is 24.3 Å². The minimum atomic E-state index is -4.83. The van der Waals surface area contributed by atoms with E-state index in [2.05, 4.69) is 18.4 Å². The van der Waals surface area contributed by atoms with Gasteiger partial charge in [-0.1, -0.05) is 186 Å². The number of hydrogen-bond donors (Lipinski definition) is 4. The Bertz CT molecular complexity index is 1170. The molecule has 0 heterocycles. The molecule has 1 saturated carbocycles. The maximum Gasteiger partial charge on any atom is 0.469 e. The lowest BCUT2D eigenvalue weighted by atomic mass is 9.90. The Balaban J connectivity index is 2.19. The second-order valence-corrected chi connectivity index (χ2v) is 18.1. The third-order valence-corrected chi connectivity index (χ3v) is 11.8. The Morgan fingerprint density at radius 1 is 0.695 bits per heavy atom. The molecule has 0 bridgehead atoms. The van der Waals surface area contributed by atoms with Crippen molar-refractivity contribution in [2.45, 2.75) is 231 Å². The third-order valence-electron chi connectivity index (χ3n) is 11.3. The minimum Gasteiger partial charge on any atom is -0.462 e. The fourth-order valence-corrected chi connectivity index (χ4v) is 8.07. The van der Waals surface area contributed by atoms with Crippen LogP contribution in [0.4, 0.5) is 0 Å². The van der Waals surface area contributed by atoms with E-state index in [0.717, 1.165) is 38.5 Å². The van der Waals surface area contributed by atoms with Crippen molar-refractivity contribution in [3.8, 4) is 0 Å². The minimum absolute atomic E-state index is 0.0130. The highest BCUT2D eigenvalue weighted by molar-refractivity contribution is 7.46. The molecule has 1 rings (SSSR count). The highest BCUT2D eigenvalue weighted by Crippen LogP contribution is 2.36. The van der Waals surface area contributed by atoms with Crippen LogP contribution in [-0.2, 0) is 32.9 Å². The standard InChI is InChI=1S/C47H85O11P/c1-3-5-7-8-9-10-11-12-13-14-15-16-17-18-19-20-21-22-23-24-29-33-46(51)56-38-41(39-57-59(53,54)55)58-47(52)34-30-26-25-28-32-42-43(45(50)37-44(42)49)36-35-40(48)31-27-6-4-2/h25,28,35-36,40-43,45,48,50H,3-24,26-27,29-34,37-39H2,1-2H3,(H2,53,54,55)/b28-25-,36-35+/t40-,41+,42+,43+,45+/m0/s1. The van der Waals surface area contributed by atoms with Crippen LogP contribution >= 0.6 is 7.82 Å². The van der Waals surface area contributed by atoms with E-state index in [0.29, 0.717) is 32.1 Å². The molecule has 0 amide bonds. The van der Waals surface area contributed by atoms with Gasteiger partial charge >= 0.3 is 19.8 Å². The normalized spacial score (nSPS) is 18.3. The van der Waals surface area contributed by atoms with Gasteiger partial charge in [-0.25, -0.2) is 4.57 Å². The number of aliphatic hydroxyl groups is 2. The Morgan fingerprint density at radius 3 is 1.71 bits per heavy atom. The van der Waals surface area contributed by atoms with E-state index in [-0.39, 0.29) is 43.5 Å². The van der Waals surface area contributed by atoms with Gasteiger partial charge in [0.2, 0.25) is 0 Å². The third kappa shape index (κ3) is 32.5. The molecule has 0 aliphatic heterocycles. The average Bonchev–Trinajstić information content (AvgIpc) is 3.47. The van der Waals surface area contributed by atoms with Gasteiger partial charge in [-0.15, -0.1) is 0 Å². The van der Waals surface area contributed by atoms with Gasteiger partial charge in [-0.3, -0.25) is 18.9 Å². The molecule has 1 fully saturated rings. The fraction of sp³-hybridized carbons (Fsp3) is 0.851. The van der Waals surface area contributed by atoms with E-state index in [1.807, 2.05) is 12.2 Å². The topological polar surface area (TPSA) is 177 Å². The van der Waals surface area contributed by atoms with Crippen LogP contribution in [-0.4, -0.2) is 69.2 Å². The fourth-order valence-electron chi connectivity index (χ4n) is 7.71. The first-order valence-electron chi connectivity index (χ1n) is 23.7. The Hall–Kier alpha value is -1.88. The Labute approximate surface area is 358 Å². The quantitative estimate of drug-likeness (QED) is 0.0200. The zero-order chi connectivity index (χ0) is 43.4. The molecule has 59 heavy (non-hydrogen) atoms. The summed E-state index contributed by atoms with van der Waals surface area (Å²) in [5.74, 6) is -1.82. The van der Waals surface area contributed by atoms with Crippen molar-refractivity contribution in [3.63, 3.8) is 0 Å². The van der Waals surface area contributed by atoms with Crippen LogP contribution in [0.3, 0.4) is 0 Å². The van der Waals surface area contributed by atoms with E-state index >= 15 is 0 Å². The van der Waals surface area contributed by atoms with Crippen LogP contribution in [0.15, 0.2) is 24.3 Å². The highest BCUT2D eigenvalue weighted by Gasteiger charge is 2.39. The van der Waals surface area contributed by atoms with Crippen molar-refractivity contribution in [1.82, 2.24) is 0 Å². The Kier molecular flexibility index (Phi) is 34.3. The number of carbonyl (C=O) groups excluding carboxylic acids is 3. The summed E-state index contributed by atoms with van der Waals surface area (Å²) in [7, 11) is -4.83. The average molecular weight is 857 g/mol. The van der Waals surface area contributed by atoms with E-state index in [1.54, 1.807) is 12.2 Å². The van der Waals surface area contributed by atoms with E-state index in [1.165, 1.54) is 109 Å². The van der Waals surface area contributed by atoms with E-state index in [9.17, 15) is 29.2 Å². The van der Waals surface area contributed by atoms with Gasteiger partial charge in [0.25, 0.3) is 0 Å². The molecular formula is C47H85O11P. The first-order valence-corrected chi connectivity index (χ1v) is 25.3. The number of unbranched alkanes of at least 4 members (excludes halogenated alkanes) is 23. The number of ketones is 1. The molecule has 344 valence electrons. The lowest BCUT2D eigenvalue weighted by Gasteiger charge is -2.18. The van der Waals surface area contributed by atoms with Crippen LogP contribution in [0.2, 0.25) is 0 Å². The zero-order valence-corrected chi connectivity index (χ0v) is 38.0. The van der Waals surface area contributed by atoms with Gasteiger partial charge in [-0.2, -0.15) is 0 Å². The summed E-state index contributed by atoms with van der Waals surface area (Å²) < 4.78 is 26.4. The predicted molar refractivity (Wildman–Crippen MR) is 236 cm³/mol. The van der Waals surface area contributed by atoms with Gasteiger partial charge in [0.05, 0.1) is 18.8 Å². The van der Waals surface area contributed by atoms with Crippen LogP contribution in [0.1, 0.15) is 213 Å². The molecule has 0 radical (unpaired) electrons. The van der Waals surface area contributed by atoms with Gasteiger partial charge in [0.15, 0.2) is 6.10 Å². The summed E-state index contributed by atoms with van der Waals surface area (Å²) in [6, 6.07) is 0. The predicted octanol–water partition coefficient (Wildman–Crippen LogP) is 11.3. The molecule has 5 atom stereocenters. The number of phosphoric ester groups is 1. The van der Waals surface area contributed by atoms with Gasteiger partial charge < -0.3 is 29.5 Å². The number of hydrogen-bond acceptors (Lipinski definition) is 9. The van der Waals surface area contributed by atoms with Gasteiger partial charge in [0.1, 0.15) is 12.4 Å². The van der Waals surface area contributed by atoms with Crippen molar-refractivity contribution in [2.75, 3.05) is 13.2 Å². The molecule has 1 aliphatic carbocycles. The second-order valence-electron chi connectivity index (χ2n) is 16.9. The summed E-state index contributed by atoms with van der Waals surface area (Å²) in [5, 5.41) is 20.6. The largest absolute Gasteiger partial charge is 0.469 e. The number of esters is 2. The summed E-state index contributed by atoms with van der Waals surface area (Å²) in [6.45, 7) is 3.39. The molecule has 0 aromatic heterocycles. The number of carbonyl (C=O) groups is 3. The van der Waals surface area contributed by atoms with E-state index in [4.69, 9.17) is 19.3 Å². The first-order chi connectivity index (χ1) is 28.5. The van der Waals surface area contributed by atoms with Crippen LogP contribution < -0.4 is 0 Å². The summed E-state index contributed by atoms with van der Waals surface area (Å²) >= 11 is 0. The smallest absolute Gasteiger partial charge is 0.462 e. The van der Waals surface area contributed by atoms with Crippen LogP contribution in [0.25, 0.3) is 0 Å². The lowest BCUT2D eigenvalue weighted by Crippen LogP contribution is -2.29. The molecule has 12 heteroatoms. The van der Waals surface area contributed by atoms with Crippen molar-refractivity contribution in [1.29, 1.82) is 0 Å². The molecule has 0 saturated heterocycles. The highest BCUT2D eigenvalue weighted by atomic mass is 31.2. The number of ether oxygens (including phenoxy) is 2. The summed E-state index contributed by atoms with van der Waals surface area (Å²) in [5.41, 5.74) is 0. The van der Waals surface area contributed by atoms with Crippen molar-refractivity contribution in [2.24, 2.45) is 11.8 Å². The molecule has 0 aromatic rings. The molecule has 0 spiro atoms. The molecule has 0 unspecified atom stereocenters. The van der Waals surface area contributed by atoms with E-state index < -0.39 is 44.7 Å². The molecule has 0 aromatic carbocycles. The lowest BCUT2D eigenvalue weighted by molar-refractivity contribution is -0.161. The number of Topliss-reactive ketones (excluding diaryl/α,β-unsaturated/α-hetero) is 1. The second kappa shape index (κ2) is 36.7. The maximum atomic E-state index is 12.5. The maximum absolute atomic E-state index is 12.5. The van der Waals surface area contributed by atoms with Crippen LogP contribution in [0.5, 0.6) is 0 Å². The molecule has 11 nitrogen and oxygen atoms in total. The number of phosphoric acid groups is 1. The summed E-state index contributed by atoms with van der Waals surface area (Å²) in [4.78, 5) is 55.7.